The number of alkyl halides is 5. The van der Waals surface area contributed by atoms with Crippen LogP contribution in [0.3, 0.4) is 0 Å². The summed E-state index contributed by atoms with van der Waals surface area (Å²) in [5.74, 6) is -13.8. The number of rotatable bonds is 8. The van der Waals surface area contributed by atoms with Gasteiger partial charge in [0.25, 0.3) is 0 Å². The molecule has 0 saturated carbocycles. The lowest BCUT2D eigenvalue weighted by Crippen LogP contribution is -2.25. The van der Waals surface area contributed by atoms with Gasteiger partial charge in [-0.25, -0.2) is 30.7 Å². The Kier molecular flexibility index (Phi) is 8.99. The van der Waals surface area contributed by atoms with Crippen molar-refractivity contribution in [1.82, 2.24) is 0 Å². The molecule has 0 spiro atoms. The number of hydrogen-bond donors (Lipinski definition) is 0. The predicted octanol–water partition coefficient (Wildman–Crippen LogP) is 10.7. The third-order valence-electron chi connectivity index (χ3n) is 6.83. The van der Waals surface area contributed by atoms with Crippen molar-refractivity contribution >= 4 is 0 Å². The van der Waals surface area contributed by atoms with Crippen molar-refractivity contribution in [3.05, 3.63) is 112 Å². The lowest BCUT2D eigenvalue weighted by molar-refractivity contribution is -0.189. The van der Waals surface area contributed by atoms with Crippen LogP contribution in [-0.4, -0.2) is 0 Å². The van der Waals surface area contributed by atoms with Gasteiger partial charge in [-0.2, -0.15) is 22.0 Å². The molecule has 1 unspecified atom stereocenters. The van der Waals surface area contributed by atoms with Crippen LogP contribution in [0.1, 0.15) is 37.0 Å². The molecule has 13 heteroatoms. The normalized spacial score (nSPS) is 12.9. The highest BCUT2D eigenvalue weighted by molar-refractivity contribution is 5.72. The second-order valence-corrected chi connectivity index (χ2v) is 10.0. The third kappa shape index (κ3) is 6.66. The summed E-state index contributed by atoms with van der Waals surface area (Å²) in [5.41, 5.74) is -6.31. The summed E-state index contributed by atoms with van der Waals surface area (Å²) in [6.07, 6.45) is -9.19. The molecule has 0 radical (unpaired) electrons. The van der Waals surface area contributed by atoms with Crippen molar-refractivity contribution in [3.63, 3.8) is 0 Å². The number of halogens is 12. The highest BCUT2D eigenvalue weighted by Gasteiger charge is 2.43. The molecule has 0 N–H and O–H groups in total. The van der Waals surface area contributed by atoms with Gasteiger partial charge in [0, 0.05) is 17.7 Å². The Labute approximate surface area is 242 Å². The molecule has 0 heterocycles. The fraction of sp³-hybridized carbons (Fsp3) is 0.226. The molecule has 0 saturated heterocycles. The molecule has 4 rings (SSSR count). The van der Waals surface area contributed by atoms with Crippen LogP contribution in [0.4, 0.5) is 52.7 Å². The Balaban J connectivity index is 1.67. The SMILES string of the molecule is CCC(C)Cc1ccc(-c2cc(F)c(-c3cc(F)c(C(F)(F)Oc4cc(F)c(C(F)(F)F)c(F)c4)c(F)c3)c(F)c2)c(F)c1. The van der Waals surface area contributed by atoms with Crippen molar-refractivity contribution in [2.24, 2.45) is 5.92 Å². The van der Waals surface area contributed by atoms with E-state index in [1.807, 2.05) is 13.8 Å². The first-order valence-corrected chi connectivity index (χ1v) is 12.8. The quantitative estimate of drug-likeness (QED) is 0.175. The third-order valence-corrected chi connectivity index (χ3v) is 6.83. The minimum absolute atomic E-state index is 0.120. The van der Waals surface area contributed by atoms with E-state index in [1.165, 1.54) is 12.1 Å². The van der Waals surface area contributed by atoms with E-state index in [1.54, 1.807) is 6.07 Å². The fourth-order valence-electron chi connectivity index (χ4n) is 4.54. The fourth-order valence-corrected chi connectivity index (χ4v) is 4.54. The molecule has 0 aliphatic carbocycles. The van der Waals surface area contributed by atoms with Gasteiger partial charge in [-0.3, -0.25) is 0 Å². The Bertz CT molecular complexity index is 1640. The van der Waals surface area contributed by atoms with E-state index in [2.05, 4.69) is 4.74 Å². The highest BCUT2D eigenvalue weighted by atomic mass is 19.4. The van der Waals surface area contributed by atoms with E-state index in [4.69, 9.17) is 0 Å². The molecule has 0 aliphatic heterocycles. The maximum atomic E-state index is 15.1. The van der Waals surface area contributed by atoms with Crippen LogP contribution in [0.25, 0.3) is 22.3 Å². The first-order valence-electron chi connectivity index (χ1n) is 12.8. The van der Waals surface area contributed by atoms with Gasteiger partial charge in [0.15, 0.2) is 0 Å². The molecule has 1 atom stereocenters. The van der Waals surface area contributed by atoms with E-state index >= 15 is 8.78 Å². The van der Waals surface area contributed by atoms with Gasteiger partial charge < -0.3 is 4.74 Å². The van der Waals surface area contributed by atoms with Crippen molar-refractivity contribution < 1.29 is 57.4 Å². The van der Waals surface area contributed by atoms with Crippen molar-refractivity contribution in [1.29, 1.82) is 0 Å². The second kappa shape index (κ2) is 12.1. The first kappa shape index (κ1) is 32.7. The number of benzene rings is 4. The number of ether oxygens (including phenoxy) is 1. The van der Waals surface area contributed by atoms with Gasteiger partial charge in [0.05, 0.1) is 5.56 Å². The molecular formula is C31H20F12O. The van der Waals surface area contributed by atoms with Crippen LogP contribution in [0.2, 0.25) is 0 Å². The van der Waals surface area contributed by atoms with Crippen LogP contribution < -0.4 is 4.74 Å². The first-order chi connectivity index (χ1) is 20.4. The van der Waals surface area contributed by atoms with Crippen molar-refractivity contribution in [3.8, 4) is 28.0 Å². The molecule has 0 aliphatic rings. The molecule has 44 heavy (non-hydrogen) atoms. The zero-order valence-corrected chi connectivity index (χ0v) is 22.6. The average molecular weight is 636 g/mol. The standard InChI is InChI=1S/C31H20F12O/c1-3-14(2)6-15-4-5-19(20(32)7-15)16-8-21(33)27(22(34)9-16)17-10-23(35)29(24(36)11-17)31(42,43)44-18-12-25(37)28(26(38)13-18)30(39,40)41/h4-5,7-14H,3,6H2,1-2H3. The molecule has 0 bridgehead atoms. The molecule has 0 amide bonds. The molecule has 1 nitrogen and oxygen atoms in total. The highest BCUT2D eigenvalue weighted by Crippen LogP contribution is 2.41. The smallest absolute Gasteiger partial charge is 0.429 e. The summed E-state index contributed by atoms with van der Waals surface area (Å²) in [4.78, 5) is 0. The molecule has 4 aromatic rings. The van der Waals surface area contributed by atoms with Gasteiger partial charge in [-0.15, -0.1) is 0 Å². The van der Waals surface area contributed by atoms with Crippen molar-refractivity contribution in [2.45, 2.75) is 39.0 Å². The summed E-state index contributed by atoms with van der Waals surface area (Å²) in [6, 6.07) is 5.17. The van der Waals surface area contributed by atoms with E-state index in [0.29, 0.717) is 24.1 Å². The summed E-state index contributed by atoms with van der Waals surface area (Å²) < 4.78 is 174. The summed E-state index contributed by atoms with van der Waals surface area (Å²) >= 11 is 0. The molecule has 4 aromatic carbocycles. The lowest BCUT2D eigenvalue weighted by atomic mass is 9.94. The lowest BCUT2D eigenvalue weighted by Gasteiger charge is -2.21. The second-order valence-electron chi connectivity index (χ2n) is 10.0. The Hall–Kier alpha value is -4.16. The Morgan fingerprint density at radius 1 is 0.614 bits per heavy atom. The average Bonchev–Trinajstić information content (AvgIpc) is 2.86. The van der Waals surface area contributed by atoms with Gasteiger partial charge in [-0.05, 0) is 59.4 Å². The molecule has 0 fully saturated rings. The summed E-state index contributed by atoms with van der Waals surface area (Å²) in [7, 11) is 0. The van der Waals surface area contributed by atoms with Crippen LogP contribution >= 0.6 is 0 Å². The Morgan fingerprint density at radius 3 is 1.59 bits per heavy atom. The number of hydrogen-bond acceptors (Lipinski definition) is 1. The monoisotopic (exact) mass is 636 g/mol. The predicted molar refractivity (Wildman–Crippen MR) is 136 cm³/mol. The van der Waals surface area contributed by atoms with E-state index < -0.39 is 81.0 Å². The van der Waals surface area contributed by atoms with Gasteiger partial charge >= 0.3 is 12.3 Å². The maximum Gasteiger partial charge on any atom is 0.432 e. The van der Waals surface area contributed by atoms with Crippen LogP contribution in [-0.2, 0) is 18.7 Å². The van der Waals surface area contributed by atoms with E-state index in [-0.39, 0.29) is 41.3 Å². The molecular weight excluding hydrogens is 616 g/mol. The van der Waals surface area contributed by atoms with Crippen LogP contribution in [0.15, 0.2) is 54.6 Å². The van der Waals surface area contributed by atoms with E-state index in [9.17, 15) is 43.9 Å². The van der Waals surface area contributed by atoms with E-state index in [0.717, 1.165) is 6.42 Å². The summed E-state index contributed by atoms with van der Waals surface area (Å²) in [6.45, 7) is 3.92. The zero-order valence-electron chi connectivity index (χ0n) is 22.6. The van der Waals surface area contributed by atoms with Crippen molar-refractivity contribution in [2.75, 3.05) is 0 Å². The van der Waals surface area contributed by atoms with Crippen LogP contribution in [0.5, 0.6) is 5.75 Å². The summed E-state index contributed by atoms with van der Waals surface area (Å²) in [5, 5.41) is 0. The minimum Gasteiger partial charge on any atom is -0.429 e. The van der Waals surface area contributed by atoms with Gasteiger partial charge in [-0.1, -0.05) is 32.4 Å². The zero-order chi connectivity index (χ0) is 32.7. The topological polar surface area (TPSA) is 9.23 Å². The maximum absolute atomic E-state index is 15.1. The largest absolute Gasteiger partial charge is 0.432 e. The Morgan fingerprint density at radius 2 is 1.11 bits per heavy atom. The van der Waals surface area contributed by atoms with Crippen LogP contribution in [0, 0.1) is 46.6 Å². The minimum atomic E-state index is -5.53. The van der Waals surface area contributed by atoms with Gasteiger partial charge in [0.2, 0.25) is 0 Å². The molecule has 0 aromatic heterocycles. The van der Waals surface area contributed by atoms with Gasteiger partial charge in [0.1, 0.15) is 57.6 Å². The molecule has 234 valence electrons.